The maximum absolute atomic E-state index is 10.3. The van der Waals surface area contributed by atoms with Crippen LogP contribution in [-0.2, 0) is 4.74 Å². The highest BCUT2D eigenvalue weighted by Gasteiger charge is 2.59. The third kappa shape index (κ3) is 2.72. The van der Waals surface area contributed by atoms with Crippen LogP contribution < -0.4 is 5.32 Å². The molecule has 0 spiro atoms. The number of hydrogen-bond acceptors (Lipinski definition) is 3. The summed E-state index contributed by atoms with van der Waals surface area (Å²) in [6.07, 6.45) is 13.4. The largest absolute Gasteiger partial charge is 0.393 e. The van der Waals surface area contributed by atoms with Crippen molar-refractivity contribution in [1.82, 2.24) is 5.32 Å². The van der Waals surface area contributed by atoms with Crippen molar-refractivity contribution >= 4 is 0 Å². The third-order valence-corrected chi connectivity index (χ3v) is 9.66. The molecule has 3 nitrogen and oxygen atoms in total. The van der Waals surface area contributed by atoms with E-state index in [1.54, 1.807) is 11.1 Å². The Morgan fingerprint density at radius 1 is 1.18 bits per heavy atom. The van der Waals surface area contributed by atoms with E-state index in [0.29, 0.717) is 22.8 Å². The summed E-state index contributed by atoms with van der Waals surface area (Å²) in [5, 5.41) is 14.1. The first-order chi connectivity index (χ1) is 13.5. The van der Waals surface area contributed by atoms with Gasteiger partial charge in [-0.2, -0.15) is 0 Å². The minimum Gasteiger partial charge on any atom is -0.393 e. The summed E-state index contributed by atoms with van der Waals surface area (Å²) in [5.41, 5.74) is 3.91. The fourth-order valence-electron chi connectivity index (χ4n) is 8.10. The minimum absolute atomic E-state index is 0.112. The molecule has 0 aromatic carbocycles. The fourth-order valence-corrected chi connectivity index (χ4v) is 8.10. The van der Waals surface area contributed by atoms with Crippen LogP contribution in [0.5, 0.6) is 0 Å². The van der Waals surface area contributed by atoms with Crippen molar-refractivity contribution in [3.63, 3.8) is 0 Å². The van der Waals surface area contributed by atoms with Crippen molar-refractivity contribution in [3.05, 3.63) is 23.3 Å². The second-order valence-electron chi connectivity index (χ2n) is 10.8. The SMILES string of the molecule is CC[C@H]1C=C2C[C@@H](O)CC[C@]2(C)[C@H]2CC[C@]3(C)C(C4COCCN4)=CC[C@H]3[C@H]12. The van der Waals surface area contributed by atoms with Crippen LogP contribution in [-0.4, -0.2) is 37.0 Å². The van der Waals surface area contributed by atoms with Gasteiger partial charge in [0.1, 0.15) is 0 Å². The van der Waals surface area contributed by atoms with E-state index < -0.39 is 0 Å². The van der Waals surface area contributed by atoms with E-state index in [2.05, 4.69) is 38.2 Å². The third-order valence-electron chi connectivity index (χ3n) is 9.66. The topological polar surface area (TPSA) is 41.5 Å². The van der Waals surface area contributed by atoms with E-state index in [1.165, 1.54) is 32.1 Å². The highest BCUT2D eigenvalue weighted by molar-refractivity contribution is 5.33. The summed E-state index contributed by atoms with van der Waals surface area (Å²) in [7, 11) is 0. The molecule has 1 unspecified atom stereocenters. The van der Waals surface area contributed by atoms with Gasteiger partial charge < -0.3 is 15.2 Å². The van der Waals surface area contributed by atoms with Crippen LogP contribution in [0.4, 0.5) is 0 Å². The Labute approximate surface area is 171 Å². The molecule has 2 N–H and O–H groups in total. The van der Waals surface area contributed by atoms with Gasteiger partial charge in [0, 0.05) is 6.54 Å². The van der Waals surface area contributed by atoms with Crippen LogP contribution >= 0.6 is 0 Å². The van der Waals surface area contributed by atoms with Crippen molar-refractivity contribution in [3.8, 4) is 0 Å². The van der Waals surface area contributed by atoms with Gasteiger partial charge in [0.2, 0.25) is 0 Å². The number of hydrogen-bond donors (Lipinski definition) is 2. The molecule has 0 aromatic heterocycles. The molecule has 1 saturated heterocycles. The molecular weight excluding hydrogens is 346 g/mol. The van der Waals surface area contributed by atoms with Gasteiger partial charge in [0.25, 0.3) is 0 Å². The second kappa shape index (κ2) is 6.96. The smallest absolute Gasteiger partial charge is 0.0659 e. The van der Waals surface area contributed by atoms with Gasteiger partial charge in [-0.25, -0.2) is 0 Å². The molecule has 28 heavy (non-hydrogen) atoms. The van der Waals surface area contributed by atoms with Gasteiger partial charge in [0.15, 0.2) is 0 Å². The van der Waals surface area contributed by atoms with Crippen LogP contribution in [0.2, 0.25) is 0 Å². The van der Waals surface area contributed by atoms with Crippen LogP contribution in [0, 0.1) is 34.5 Å². The summed E-state index contributed by atoms with van der Waals surface area (Å²) in [6, 6.07) is 0.426. The highest BCUT2D eigenvalue weighted by Crippen LogP contribution is 2.66. The lowest BCUT2D eigenvalue weighted by atomic mass is 9.45. The normalized spacial score (nSPS) is 50.9. The molecule has 1 heterocycles. The zero-order valence-corrected chi connectivity index (χ0v) is 18.0. The molecule has 3 heteroatoms. The van der Waals surface area contributed by atoms with E-state index in [1.807, 2.05) is 0 Å². The number of nitrogens with one attached hydrogen (secondary N) is 1. The van der Waals surface area contributed by atoms with Gasteiger partial charge in [-0.15, -0.1) is 0 Å². The maximum Gasteiger partial charge on any atom is 0.0659 e. The molecule has 1 aliphatic heterocycles. The zero-order chi connectivity index (χ0) is 19.5. The molecule has 0 amide bonds. The number of ether oxygens (including phenoxy) is 1. The van der Waals surface area contributed by atoms with E-state index in [9.17, 15) is 5.11 Å². The van der Waals surface area contributed by atoms with Gasteiger partial charge >= 0.3 is 0 Å². The molecule has 0 bridgehead atoms. The average Bonchev–Trinajstić information content (AvgIpc) is 3.06. The first-order valence-corrected chi connectivity index (χ1v) is 11.9. The Morgan fingerprint density at radius 2 is 2.00 bits per heavy atom. The predicted octanol–water partition coefficient (Wildman–Crippen LogP) is 4.47. The highest BCUT2D eigenvalue weighted by atomic mass is 16.5. The van der Waals surface area contributed by atoms with Crippen LogP contribution in [0.3, 0.4) is 0 Å². The van der Waals surface area contributed by atoms with Crippen molar-refractivity contribution in [2.24, 2.45) is 34.5 Å². The molecule has 3 fully saturated rings. The van der Waals surface area contributed by atoms with Crippen molar-refractivity contribution in [2.45, 2.75) is 77.9 Å². The molecule has 4 aliphatic carbocycles. The first kappa shape index (κ1) is 19.3. The molecule has 0 aromatic rings. The van der Waals surface area contributed by atoms with E-state index in [0.717, 1.165) is 50.4 Å². The summed E-state index contributed by atoms with van der Waals surface area (Å²) in [6.45, 7) is 10.2. The summed E-state index contributed by atoms with van der Waals surface area (Å²) in [5.74, 6) is 3.06. The second-order valence-corrected chi connectivity index (χ2v) is 10.8. The quantitative estimate of drug-likeness (QED) is 0.689. The Morgan fingerprint density at radius 3 is 2.75 bits per heavy atom. The lowest BCUT2D eigenvalue weighted by Gasteiger charge is -2.60. The van der Waals surface area contributed by atoms with Crippen LogP contribution in [0.25, 0.3) is 0 Å². The Hall–Kier alpha value is -0.640. The standard InChI is InChI=1S/C25H39NO2/c1-4-16-13-17-14-18(27)7-9-24(17,2)21-8-10-25(3)19(5-6-20(25)23(16)21)22-15-28-12-11-26-22/h5,13,16,18,20-23,26-27H,4,6-12,14-15H2,1-3H3/t16-,18-,20-,21-,22?,23-,24-,25+/m0/s1. The number of aliphatic hydroxyl groups is 1. The van der Waals surface area contributed by atoms with E-state index >= 15 is 0 Å². The predicted molar refractivity (Wildman–Crippen MR) is 113 cm³/mol. The molecule has 0 radical (unpaired) electrons. The number of fused-ring (bicyclic) bond motifs is 5. The van der Waals surface area contributed by atoms with E-state index in [-0.39, 0.29) is 6.10 Å². The summed E-state index contributed by atoms with van der Waals surface area (Å²) < 4.78 is 5.83. The molecule has 8 atom stereocenters. The van der Waals surface area contributed by atoms with Gasteiger partial charge in [-0.3, -0.25) is 0 Å². The average molecular weight is 386 g/mol. The van der Waals surface area contributed by atoms with Crippen LogP contribution in [0.15, 0.2) is 23.3 Å². The number of aliphatic hydroxyl groups excluding tert-OH is 1. The van der Waals surface area contributed by atoms with E-state index in [4.69, 9.17) is 4.74 Å². The molecule has 5 aliphatic rings. The molecule has 5 rings (SSSR count). The summed E-state index contributed by atoms with van der Waals surface area (Å²) >= 11 is 0. The van der Waals surface area contributed by atoms with Gasteiger partial charge in [-0.1, -0.05) is 38.5 Å². The lowest BCUT2D eigenvalue weighted by Crippen LogP contribution is -2.54. The van der Waals surface area contributed by atoms with Gasteiger partial charge in [0.05, 0.1) is 25.4 Å². The Bertz CT molecular complexity index is 678. The van der Waals surface area contributed by atoms with Crippen molar-refractivity contribution in [1.29, 1.82) is 0 Å². The monoisotopic (exact) mass is 385 g/mol. The lowest BCUT2D eigenvalue weighted by molar-refractivity contribution is -0.0548. The van der Waals surface area contributed by atoms with Crippen molar-refractivity contribution < 1.29 is 9.84 Å². The minimum atomic E-state index is -0.112. The molecular formula is C25H39NO2. The molecule has 156 valence electrons. The summed E-state index contributed by atoms with van der Waals surface area (Å²) in [4.78, 5) is 0. The number of rotatable bonds is 2. The van der Waals surface area contributed by atoms with Gasteiger partial charge in [-0.05, 0) is 85.0 Å². The zero-order valence-electron chi connectivity index (χ0n) is 18.0. The Balaban J connectivity index is 1.48. The molecule has 2 saturated carbocycles. The number of morpholine rings is 1. The fraction of sp³-hybridized carbons (Fsp3) is 0.840. The van der Waals surface area contributed by atoms with Crippen molar-refractivity contribution in [2.75, 3.05) is 19.8 Å². The number of allylic oxidation sites excluding steroid dienone is 2. The maximum atomic E-state index is 10.3. The first-order valence-electron chi connectivity index (χ1n) is 11.9. The van der Waals surface area contributed by atoms with Crippen LogP contribution in [0.1, 0.15) is 65.7 Å². The Kier molecular flexibility index (Phi) is 4.80.